The summed E-state index contributed by atoms with van der Waals surface area (Å²) in [5.74, 6) is 0. The third-order valence-corrected chi connectivity index (χ3v) is 5.72. The number of aromatic nitrogens is 2. The first-order valence-corrected chi connectivity index (χ1v) is 11.1. The maximum Gasteiger partial charge on any atom is 0.211 e. The second-order valence-corrected chi connectivity index (χ2v) is 8.44. The summed E-state index contributed by atoms with van der Waals surface area (Å²) in [4.78, 5) is 12.8. The van der Waals surface area contributed by atoms with Gasteiger partial charge in [0.1, 0.15) is 11.8 Å². The van der Waals surface area contributed by atoms with Crippen LogP contribution in [0.25, 0.3) is 12.2 Å². The SMILES string of the molecule is CCN(CCCN=C(C)c1cnccc1C=Cc1ccc(C#N)nc1)S(C)(=O)=O. The van der Waals surface area contributed by atoms with E-state index in [2.05, 4.69) is 15.0 Å². The highest BCUT2D eigenvalue weighted by atomic mass is 32.2. The molecule has 29 heavy (non-hydrogen) atoms. The molecule has 0 aliphatic rings. The van der Waals surface area contributed by atoms with Gasteiger partial charge < -0.3 is 0 Å². The molecule has 0 fully saturated rings. The lowest BCUT2D eigenvalue weighted by Crippen LogP contribution is -2.31. The Hall–Kier alpha value is -2.89. The van der Waals surface area contributed by atoms with Crippen molar-refractivity contribution in [2.45, 2.75) is 20.3 Å². The number of nitriles is 1. The molecular formula is C21H25N5O2S. The Bertz CT molecular complexity index is 1020. The lowest BCUT2D eigenvalue weighted by Gasteiger charge is -2.16. The second kappa shape index (κ2) is 10.6. The zero-order valence-electron chi connectivity index (χ0n) is 16.9. The standard InChI is InChI=1S/C21H25N5O2S/c1-4-26(29(3,27)28)13-5-11-24-17(2)21-16-23-12-10-19(21)8-6-18-7-9-20(14-22)25-15-18/h6-10,12,15-16H,4-5,11,13H2,1-3H3. The molecule has 0 atom stereocenters. The van der Waals surface area contributed by atoms with Gasteiger partial charge in [0.15, 0.2) is 0 Å². The Balaban J connectivity index is 2.07. The summed E-state index contributed by atoms with van der Waals surface area (Å²) in [6.45, 7) is 5.20. The Morgan fingerprint density at radius 1 is 1.28 bits per heavy atom. The molecule has 0 saturated carbocycles. The number of pyridine rings is 2. The van der Waals surface area contributed by atoms with Crippen molar-refractivity contribution in [1.82, 2.24) is 14.3 Å². The van der Waals surface area contributed by atoms with Gasteiger partial charge in [-0.1, -0.05) is 25.1 Å². The van der Waals surface area contributed by atoms with Gasteiger partial charge in [0.2, 0.25) is 10.0 Å². The number of sulfonamides is 1. The molecule has 2 heterocycles. The molecule has 0 aliphatic carbocycles. The predicted molar refractivity (Wildman–Crippen MR) is 116 cm³/mol. The number of rotatable bonds is 9. The van der Waals surface area contributed by atoms with Crippen LogP contribution in [0.15, 0.2) is 41.8 Å². The van der Waals surface area contributed by atoms with E-state index in [1.54, 1.807) is 24.7 Å². The van der Waals surface area contributed by atoms with Crippen LogP contribution in [0.2, 0.25) is 0 Å². The van der Waals surface area contributed by atoms with Crippen molar-refractivity contribution in [1.29, 1.82) is 5.26 Å². The van der Waals surface area contributed by atoms with Crippen molar-refractivity contribution in [3.8, 4) is 6.07 Å². The van der Waals surface area contributed by atoms with Crippen LogP contribution in [0.5, 0.6) is 0 Å². The van der Waals surface area contributed by atoms with Crippen molar-refractivity contribution in [2.75, 3.05) is 25.9 Å². The Morgan fingerprint density at radius 3 is 2.69 bits per heavy atom. The minimum atomic E-state index is -3.17. The first kappa shape index (κ1) is 22.4. The highest BCUT2D eigenvalue weighted by molar-refractivity contribution is 7.88. The molecule has 0 unspecified atom stereocenters. The van der Waals surface area contributed by atoms with Gasteiger partial charge in [0, 0.05) is 49.5 Å². The van der Waals surface area contributed by atoms with Crippen molar-refractivity contribution in [3.63, 3.8) is 0 Å². The van der Waals surface area contributed by atoms with E-state index in [0.717, 1.165) is 22.4 Å². The lowest BCUT2D eigenvalue weighted by molar-refractivity contribution is 0.427. The summed E-state index contributed by atoms with van der Waals surface area (Å²) >= 11 is 0. The summed E-state index contributed by atoms with van der Waals surface area (Å²) < 4.78 is 24.7. The molecule has 0 aliphatic heterocycles. The molecule has 7 nitrogen and oxygen atoms in total. The van der Waals surface area contributed by atoms with Crippen molar-refractivity contribution in [2.24, 2.45) is 4.99 Å². The van der Waals surface area contributed by atoms with E-state index in [1.807, 2.05) is 44.2 Å². The van der Waals surface area contributed by atoms with Gasteiger partial charge in [-0.15, -0.1) is 0 Å². The van der Waals surface area contributed by atoms with Gasteiger partial charge in [0.25, 0.3) is 0 Å². The van der Waals surface area contributed by atoms with Gasteiger partial charge in [-0.2, -0.15) is 5.26 Å². The Labute approximate surface area is 172 Å². The fourth-order valence-electron chi connectivity index (χ4n) is 2.75. The summed E-state index contributed by atoms with van der Waals surface area (Å²) in [7, 11) is -3.17. The van der Waals surface area contributed by atoms with Crippen LogP contribution in [0.3, 0.4) is 0 Å². The fraction of sp³-hybridized carbons (Fsp3) is 0.333. The Kier molecular flexibility index (Phi) is 8.19. The molecule has 152 valence electrons. The zero-order valence-corrected chi connectivity index (χ0v) is 17.7. The van der Waals surface area contributed by atoms with Crippen LogP contribution in [-0.4, -0.2) is 54.3 Å². The number of aliphatic imine (C=N–C) groups is 1. The monoisotopic (exact) mass is 411 g/mol. The van der Waals surface area contributed by atoms with Crippen LogP contribution in [0, 0.1) is 11.3 Å². The number of hydrogen-bond donors (Lipinski definition) is 0. The first-order chi connectivity index (χ1) is 13.8. The number of nitrogens with zero attached hydrogens (tertiary/aromatic N) is 5. The largest absolute Gasteiger partial charge is 0.289 e. The Morgan fingerprint density at radius 2 is 2.07 bits per heavy atom. The minimum absolute atomic E-state index is 0.382. The van der Waals surface area contributed by atoms with Crippen molar-refractivity contribution >= 4 is 27.9 Å². The molecule has 0 radical (unpaired) electrons. The molecule has 2 aromatic rings. The molecule has 0 spiro atoms. The van der Waals surface area contributed by atoms with Crippen LogP contribution in [0.1, 0.15) is 42.7 Å². The molecular weight excluding hydrogens is 386 g/mol. The van der Waals surface area contributed by atoms with E-state index in [9.17, 15) is 8.42 Å². The quantitative estimate of drug-likeness (QED) is 0.466. The minimum Gasteiger partial charge on any atom is -0.289 e. The van der Waals surface area contributed by atoms with E-state index in [0.29, 0.717) is 31.7 Å². The van der Waals surface area contributed by atoms with E-state index in [-0.39, 0.29) is 0 Å². The molecule has 0 aromatic carbocycles. The normalized spacial score (nSPS) is 12.4. The van der Waals surface area contributed by atoms with E-state index < -0.39 is 10.0 Å². The average molecular weight is 412 g/mol. The maximum absolute atomic E-state index is 11.6. The summed E-state index contributed by atoms with van der Waals surface area (Å²) in [6.07, 6.45) is 10.9. The highest BCUT2D eigenvalue weighted by Gasteiger charge is 2.13. The van der Waals surface area contributed by atoms with Gasteiger partial charge in [0.05, 0.1) is 6.26 Å². The smallest absolute Gasteiger partial charge is 0.211 e. The highest BCUT2D eigenvalue weighted by Crippen LogP contribution is 2.14. The van der Waals surface area contributed by atoms with Crippen LogP contribution < -0.4 is 0 Å². The number of hydrogen-bond acceptors (Lipinski definition) is 6. The summed E-state index contributed by atoms with van der Waals surface area (Å²) in [5.41, 5.74) is 4.00. The predicted octanol–water partition coefficient (Wildman–Crippen LogP) is 3.00. The summed E-state index contributed by atoms with van der Waals surface area (Å²) in [5, 5.41) is 8.82. The van der Waals surface area contributed by atoms with Crippen LogP contribution >= 0.6 is 0 Å². The van der Waals surface area contributed by atoms with Crippen molar-refractivity contribution < 1.29 is 8.42 Å². The van der Waals surface area contributed by atoms with Crippen molar-refractivity contribution in [3.05, 3.63) is 59.2 Å². The van der Waals surface area contributed by atoms with E-state index >= 15 is 0 Å². The molecule has 0 saturated heterocycles. The zero-order chi connectivity index (χ0) is 21.3. The maximum atomic E-state index is 11.6. The average Bonchev–Trinajstić information content (AvgIpc) is 2.71. The lowest BCUT2D eigenvalue weighted by atomic mass is 10.1. The van der Waals surface area contributed by atoms with Gasteiger partial charge >= 0.3 is 0 Å². The van der Waals surface area contributed by atoms with Crippen LogP contribution in [-0.2, 0) is 10.0 Å². The van der Waals surface area contributed by atoms with Gasteiger partial charge in [-0.05, 0) is 36.6 Å². The molecule has 2 rings (SSSR count). The second-order valence-electron chi connectivity index (χ2n) is 6.46. The fourth-order valence-corrected chi connectivity index (χ4v) is 3.68. The third-order valence-electron chi connectivity index (χ3n) is 4.34. The molecule has 0 N–H and O–H groups in total. The van der Waals surface area contributed by atoms with Crippen LogP contribution in [0.4, 0.5) is 0 Å². The first-order valence-electron chi connectivity index (χ1n) is 9.30. The van der Waals surface area contributed by atoms with E-state index in [4.69, 9.17) is 5.26 Å². The van der Waals surface area contributed by atoms with E-state index in [1.165, 1.54) is 10.6 Å². The molecule has 2 aromatic heterocycles. The van der Waals surface area contributed by atoms with Gasteiger partial charge in [-0.25, -0.2) is 17.7 Å². The molecule has 0 bridgehead atoms. The molecule has 8 heteroatoms. The van der Waals surface area contributed by atoms with Gasteiger partial charge in [-0.3, -0.25) is 9.98 Å². The third kappa shape index (κ3) is 6.89. The summed E-state index contributed by atoms with van der Waals surface area (Å²) in [6, 6.07) is 7.42. The molecule has 0 amide bonds. The topological polar surface area (TPSA) is 99.3 Å².